The summed E-state index contributed by atoms with van der Waals surface area (Å²) in [6.07, 6.45) is 0.598. The van der Waals surface area contributed by atoms with Crippen LogP contribution in [0.5, 0.6) is 0 Å². The summed E-state index contributed by atoms with van der Waals surface area (Å²) in [5.41, 5.74) is 1.04. The maximum Gasteiger partial charge on any atom is 0.394 e. The van der Waals surface area contributed by atoms with Gasteiger partial charge in [-0.15, -0.1) is 0 Å². The molecule has 0 bridgehead atoms. The molecule has 4 rings (SSSR count). The van der Waals surface area contributed by atoms with Crippen molar-refractivity contribution in [3.8, 4) is 0 Å². The van der Waals surface area contributed by atoms with Crippen LogP contribution in [0.15, 0.2) is 17.3 Å². The molecule has 0 spiro atoms. The van der Waals surface area contributed by atoms with E-state index in [-0.39, 0.29) is 23.9 Å². The van der Waals surface area contributed by atoms with Crippen molar-refractivity contribution < 1.29 is 21.6 Å². The molecule has 0 amide bonds. The van der Waals surface area contributed by atoms with E-state index in [2.05, 4.69) is 20.2 Å². The van der Waals surface area contributed by atoms with E-state index in [1.807, 2.05) is 19.3 Å². The smallest absolute Gasteiger partial charge is 0.346 e. The van der Waals surface area contributed by atoms with Crippen molar-refractivity contribution in [1.82, 2.24) is 19.5 Å². The number of aromatic nitrogens is 1. The Morgan fingerprint density at radius 1 is 1.33 bits per heavy atom. The van der Waals surface area contributed by atoms with Crippen LogP contribution in [0.25, 0.3) is 0 Å². The second-order valence-corrected chi connectivity index (χ2v) is 9.50. The maximum atomic E-state index is 12.6. The molecule has 1 aromatic heterocycles. The summed E-state index contributed by atoms with van der Waals surface area (Å²) >= 11 is 0. The molecule has 1 atom stereocenters. The topological polar surface area (TPSA) is 80.8 Å². The van der Waals surface area contributed by atoms with E-state index in [9.17, 15) is 21.6 Å². The van der Waals surface area contributed by atoms with Gasteiger partial charge in [0.2, 0.25) is 10.0 Å². The number of aromatic amines is 1. The molecule has 7 nitrogen and oxygen atoms in total. The molecule has 0 aromatic carbocycles. The lowest BCUT2D eigenvalue weighted by molar-refractivity contribution is -0.198. The largest absolute Gasteiger partial charge is 0.394 e. The van der Waals surface area contributed by atoms with E-state index in [0.717, 1.165) is 15.7 Å². The summed E-state index contributed by atoms with van der Waals surface area (Å²) in [5.74, 6) is -0.846. The third kappa shape index (κ3) is 3.36. The minimum atomic E-state index is -4.32. The first kappa shape index (κ1) is 18.8. The second kappa shape index (κ2) is 6.49. The summed E-state index contributed by atoms with van der Waals surface area (Å²) in [7, 11) is -1.77. The van der Waals surface area contributed by atoms with Crippen LogP contribution in [-0.2, 0) is 10.0 Å². The first-order valence-corrected chi connectivity index (χ1v) is 10.5. The first-order valence-electron chi connectivity index (χ1n) is 8.89. The highest BCUT2D eigenvalue weighted by molar-refractivity contribution is 7.89. The number of hydrogen-bond donors (Lipinski definition) is 2. The van der Waals surface area contributed by atoms with Gasteiger partial charge in [-0.2, -0.15) is 13.2 Å². The van der Waals surface area contributed by atoms with Crippen molar-refractivity contribution in [2.24, 2.45) is 16.8 Å². The van der Waals surface area contributed by atoms with Crippen molar-refractivity contribution >= 4 is 22.2 Å². The molecular weight excluding hydrogens is 383 g/mol. The SMILES string of the molecule is CNC1c2cc[nH]c2N=CN1C1CC(CS(=O)(=O)N2CC(C(F)(F)F)C2)C1. The molecule has 1 unspecified atom stereocenters. The van der Waals surface area contributed by atoms with Crippen LogP contribution in [-0.4, -0.2) is 67.1 Å². The molecule has 3 heterocycles. The predicted molar refractivity (Wildman–Crippen MR) is 94.0 cm³/mol. The Morgan fingerprint density at radius 3 is 2.67 bits per heavy atom. The molecular formula is C16H22F3N5O2S. The molecule has 27 heavy (non-hydrogen) atoms. The van der Waals surface area contributed by atoms with E-state index in [4.69, 9.17) is 0 Å². The van der Waals surface area contributed by atoms with Crippen molar-refractivity contribution in [2.75, 3.05) is 25.9 Å². The average Bonchev–Trinajstić information content (AvgIpc) is 2.94. The Labute approximate surface area is 155 Å². The van der Waals surface area contributed by atoms with Crippen molar-refractivity contribution in [3.05, 3.63) is 17.8 Å². The standard InChI is InChI=1S/C16H22F3N5O2S/c1-20-15-13-2-3-21-14(13)22-9-24(15)12-4-10(5-12)8-27(25,26)23-6-11(7-23)16(17,18)19/h2-3,9-12,15,20-21H,4-8H2,1H3. The number of sulfonamides is 1. The summed E-state index contributed by atoms with van der Waals surface area (Å²) in [6.45, 7) is -0.891. The molecule has 1 saturated heterocycles. The highest BCUT2D eigenvalue weighted by Gasteiger charge is 2.51. The minimum Gasteiger partial charge on any atom is -0.346 e. The number of rotatable bonds is 5. The average molecular weight is 405 g/mol. The highest BCUT2D eigenvalue weighted by Crippen LogP contribution is 2.41. The fraction of sp³-hybridized carbons (Fsp3) is 0.688. The van der Waals surface area contributed by atoms with Crippen molar-refractivity contribution in [2.45, 2.75) is 31.2 Å². The van der Waals surface area contributed by atoms with E-state index in [1.54, 1.807) is 6.34 Å². The number of nitrogens with zero attached hydrogens (tertiary/aromatic N) is 3. The first-order chi connectivity index (χ1) is 12.7. The Hall–Kier alpha value is -1.59. The highest BCUT2D eigenvalue weighted by atomic mass is 32.2. The summed E-state index contributed by atoms with van der Waals surface area (Å²) < 4.78 is 63.3. The number of halogens is 3. The number of alkyl halides is 3. The molecule has 150 valence electrons. The van der Waals surface area contributed by atoms with Gasteiger partial charge in [-0.25, -0.2) is 17.7 Å². The van der Waals surface area contributed by atoms with Crippen LogP contribution in [0.2, 0.25) is 0 Å². The minimum absolute atomic E-state index is 0.0331. The molecule has 11 heteroatoms. The number of aliphatic imine (C=N–C) groups is 1. The van der Waals surface area contributed by atoms with E-state index < -0.39 is 35.2 Å². The van der Waals surface area contributed by atoms with Crippen LogP contribution in [0, 0.1) is 11.8 Å². The summed E-state index contributed by atoms with van der Waals surface area (Å²) in [4.78, 5) is 9.54. The molecule has 1 aliphatic carbocycles. The van der Waals surface area contributed by atoms with Crippen LogP contribution in [0.4, 0.5) is 19.0 Å². The molecule has 1 saturated carbocycles. The van der Waals surface area contributed by atoms with Crippen LogP contribution in [0.3, 0.4) is 0 Å². The summed E-state index contributed by atoms with van der Waals surface area (Å²) in [6, 6.07) is 2.12. The zero-order chi connectivity index (χ0) is 19.4. The summed E-state index contributed by atoms with van der Waals surface area (Å²) in [5, 5.41) is 3.25. The van der Waals surface area contributed by atoms with Crippen molar-refractivity contribution in [1.29, 1.82) is 0 Å². The lowest BCUT2D eigenvalue weighted by Gasteiger charge is -2.47. The monoisotopic (exact) mass is 405 g/mol. The number of fused-ring (bicyclic) bond motifs is 1. The second-order valence-electron chi connectivity index (χ2n) is 7.49. The Morgan fingerprint density at radius 2 is 2.04 bits per heavy atom. The van der Waals surface area contributed by atoms with Crippen molar-refractivity contribution in [3.63, 3.8) is 0 Å². The zero-order valence-electron chi connectivity index (χ0n) is 14.8. The molecule has 3 aliphatic rings. The fourth-order valence-corrected chi connectivity index (χ4v) is 5.91. The van der Waals surface area contributed by atoms with Gasteiger partial charge in [-0.05, 0) is 31.9 Å². The van der Waals surface area contributed by atoms with Gasteiger partial charge < -0.3 is 9.88 Å². The normalized spacial score (nSPS) is 29.3. The number of hydrogen-bond acceptors (Lipinski definition) is 5. The molecule has 2 N–H and O–H groups in total. The van der Waals surface area contributed by atoms with E-state index >= 15 is 0 Å². The molecule has 2 aliphatic heterocycles. The zero-order valence-corrected chi connectivity index (χ0v) is 15.6. The molecule has 0 radical (unpaired) electrons. The third-order valence-electron chi connectivity index (χ3n) is 5.73. The maximum absolute atomic E-state index is 12.6. The molecule has 1 aromatic rings. The quantitative estimate of drug-likeness (QED) is 0.783. The third-order valence-corrected chi connectivity index (χ3v) is 7.70. The van der Waals surface area contributed by atoms with Gasteiger partial charge in [-0.3, -0.25) is 5.32 Å². The van der Waals surface area contributed by atoms with Gasteiger partial charge in [0, 0.05) is 30.9 Å². The van der Waals surface area contributed by atoms with Gasteiger partial charge in [0.05, 0.1) is 18.0 Å². The van der Waals surface area contributed by atoms with Crippen LogP contribution in [0.1, 0.15) is 24.6 Å². The van der Waals surface area contributed by atoms with Gasteiger partial charge in [-0.1, -0.05) is 0 Å². The van der Waals surface area contributed by atoms with Gasteiger partial charge in [0.1, 0.15) is 12.0 Å². The van der Waals surface area contributed by atoms with Gasteiger partial charge >= 0.3 is 6.18 Å². The van der Waals surface area contributed by atoms with Crippen LogP contribution < -0.4 is 5.32 Å². The van der Waals surface area contributed by atoms with E-state index in [1.165, 1.54) is 0 Å². The Bertz CT molecular complexity index is 825. The lowest BCUT2D eigenvalue weighted by Crippen LogP contribution is -2.57. The Kier molecular flexibility index (Phi) is 4.51. The molecule has 2 fully saturated rings. The van der Waals surface area contributed by atoms with Gasteiger partial charge in [0.15, 0.2) is 0 Å². The van der Waals surface area contributed by atoms with Crippen LogP contribution >= 0.6 is 0 Å². The number of H-pyrrole nitrogens is 1. The predicted octanol–water partition coefficient (Wildman–Crippen LogP) is 1.81. The van der Waals surface area contributed by atoms with Gasteiger partial charge in [0.25, 0.3) is 0 Å². The lowest BCUT2D eigenvalue weighted by atomic mass is 9.80. The fourth-order valence-electron chi connectivity index (χ4n) is 4.02. The Balaban J connectivity index is 1.31. The number of nitrogens with one attached hydrogen (secondary N) is 2. The van der Waals surface area contributed by atoms with E-state index in [0.29, 0.717) is 12.8 Å².